The van der Waals surface area contributed by atoms with Crippen molar-refractivity contribution in [3.63, 3.8) is 0 Å². The highest BCUT2D eigenvalue weighted by molar-refractivity contribution is 5.98. The average Bonchev–Trinajstić information content (AvgIpc) is 3.02. The van der Waals surface area contributed by atoms with Gasteiger partial charge in [-0.1, -0.05) is 0 Å². The van der Waals surface area contributed by atoms with Crippen LogP contribution in [0.2, 0.25) is 0 Å². The van der Waals surface area contributed by atoms with Crippen molar-refractivity contribution in [3.05, 3.63) is 29.6 Å². The molecule has 80 valence electrons. The summed E-state index contributed by atoms with van der Waals surface area (Å²) in [7, 11) is 0. The van der Waals surface area contributed by atoms with Crippen molar-refractivity contribution >= 4 is 11.5 Å². The molecule has 3 N–H and O–H groups in total. The van der Waals surface area contributed by atoms with E-state index in [1.807, 2.05) is 0 Å². The Hall–Kier alpha value is -1.42. The van der Waals surface area contributed by atoms with Gasteiger partial charge in [-0.3, -0.25) is 4.79 Å². The van der Waals surface area contributed by atoms with Gasteiger partial charge < -0.3 is 11.1 Å². The molecule has 3 nitrogen and oxygen atoms in total. The van der Waals surface area contributed by atoms with E-state index in [4.69, 9.17) is 5.73 Å². The SMILES string of the molecule is Nc1cc(C(=O)CNC2CC2)ccc1F. The Bertz CT molecular complexity index is 388. The number of hydrogen-bond acceptors (Lipinski definition) is 3. The molecule has 0 atom stereocenters. The summed E-state index contributed by atoms with van der Waals surface area (Å²) in [5.41, 5.74) is 5.86. The van der Waals surface area contributed by atoms with Gasteiger partial charge in [-0.25, -0.2) is 4.39 Å². The van der Waals surface area contributed by atoms with Gasteiger partial charge in [0.25, 0.3) is 0 Å². The molecule has 0 spiro atoms. The van der Waals surface area contributed by atoms with Crippen LogP contribution in [0.15, 0.2) is 18.2 Å². The summed E-state index contributed by atoms with van der Waals surface area (Å²) in [6.45, 7) is 0.301. The topological polar surface area (TPSA) is 55.1 Å². The van der Waals surface area contributed by atoms with Crippen molar-refractivity contribution in [1.29, 1.82) is 0 Å². The third-order valence-corrected chi connectivity index (χ3v) is 2.45. The number of ketones is 1. The number of halogens is 1. The van der Waals surface area contributed by atoms with Crippen LogP contribution in [0, 0.1) is 5.82 Å². The normalized spacial score (nSPS) is 15.3. The number of Topliss-reactive ketones (excluding diaryl/α,β-unsaturated/α-hetero) is 1. The van der Waals surface area contributed by atoms with Crippen molar-refractivity contribution in [1.82, 2.24) is 5.32 Å². The van der Waals surface area contributed by atoms with Gasteiger partial charge in [-0.05, 0) is 31.0 Å². The van der Waals surface area contributed by atoms with E-state index in [2.05, 4.69) is 5.32 Å². The number of nitrogen functional groups attached to an aromatic ring is 1. The molecule has 0 amide bonds. The maximum Gasteiger partial charge on any atom is 0.176 e. The van der Waals surface area contributed by atoms with E-state index in [9.17, 15) is 9.18 Å². The summed E-state index contributed by atoms with van der Waals surface area (Å²) in [5.74, 6) is -0.532. The van der Waals surface area contributed by atoms with E-state index in [1.54, 1.807) is 0 Å². The fraction of sp³-hybridized carbons (Fsp3) is 0.364. The number of anilines is 1. The minimum absolute atomic E-state index is 0.0206. The maximum atomic E-state index is 12.8. The predicted octanol–water partition coefficient (Wildman–Crippen LogP) is 1.34. The standard InChI is InChI=1S/C11H13FN2O/c12-9-4-1-7(5-10(9)13)11(15)6-14-8-2-3-8/h1,4-5,8,14H,2-3,6,13H2. The Morgan fingerprint density at radius 1 is 1.53 bits per heavy atom. The molecule has 1 aromatic rings. The number of hydrogen-bond donors (Lipinski definition) is 2. The Kier molecular flexibility index (Phi) is 2.68. The minimum atomic E-state index is -0.485. The van der Waals surface area contributed by atoms with Gasteiger partial charge in [-0.2, -0.15) is 0 Å². The van der Waals surface area contributed by atoms with Crippen molar-refractivity contribution in [2.75, 3.05) is 12.3 Å². The second kappa shape index (κ2) is 3.98. The van der Waals surface area contributed by atoms with Crippen molar-refractivity contribution in [2.24, 2.45) is 0 Å². The quantitative estimate of drug-likeness (QED) is 0.580. The van der Waals surface area contributed by atoms with Crippen LogP contribution < -0.4 is 11.1 Å². The molecule has 0 aromatic heterocycles. The van der Waals surface area contributed by atoms with E-state index in [-0.39, 0.29) is 11.5 Å². The smallest absolute Gasteiger partial charge is 0.176 e. The van der Waals surface area contributed by atoms with Crippen LogP contribution in [0.1, 0.15) is 23.2 Å². The molecule has 0 radical (unpaired) electrons. The molecule has 0 unspecified atom stereocenters. The Morgan fingerprint density at radius 2 is 2.27 bits per heavy atom. The lowest BCUT2D eigenvalue weighted by Crippen LogP contribution is -2.24. The molecular weight excluding hydrogens is 195 g/mol. The second-order valence-corrected chi connectivity index (χ2v) is 3.81. The summed E-state index contributed by atoms with van der Waals surface area (Å²) in [5, 5.41) is 3.10. The average molecular weight is 208 g/mol. The third-order valence-electron chi connectivity index (χ3n) is 2.45. The van der Waals surface area contributed by atoms with Gasteiger partial charge in [0.05, 0.1) is 12.2 Å². The lowest BCUT2D eigenvalue weighted by molar-refractivity contribution is 0.0990. The molecular formula is C11H13FN2O. The summed E-state index contributed by atoms with van der Waals surface area (Å²) in [4.78, 5) is 11.6. The molecule has 1 saturated carbocycles. The molecule has 0 saturated heterocycles. The summed E-state index contributed by atoms with van der Waals surface area (Å²) < 4.78 is 12.8. The zero-order valence-electron chi connectivity index (χ0n) is 8.29. The van der Waals surface area contributed by atoms with Gasteiger partial charge in [0.2, 0.25) is 0 Å². The van der Waals surface area contributed by atoms with E-state index in [1.165, 1.54) is 18.2 Å². The number of nitrogens with two attached hydrogens (primary N) is 1. The molecule has 15 heavy (non-hydrogen) atoms. The number of nitrogens with one attached hydrogen (secondary N) is 1. The largest absolute Gasteiger partial charge is 0.396 e. The first-order chi connectivity index (χ1) is 7.16. The third kappa shape index (κ3) is 2.53. The Morgan fingerprint density at radius 3 is 2.87 bits per heavy atom. The van der Waals surface area contributed by atoms with Crippen LogP contribution in [0.3, 0.4) is 0 Å². The van der Waals surface area contributed by atoms with Crippen LogP contribution in [0.4, 0.5) is 10.1 Å². The van der Waals surface area contributed by atoms with E-state index in [0.717, 1.165) is 12.8 Å². The van der Waals surface area contributed by atoms with E-state index < -0.39 is 5.82 Å². The van der Waals surface area contributed by atoms with Crippen molar-refractivity contribution in [3.8, 4) is 0 Å². The highest BCUT2D eigenvalue weighted by Gasteiger charge is 2.21. The number of benzene rings is 1. The zero-order chi connectivity index (χ0) is 10.8. The molecule has 1 fully saturated rings. The lowest BCUT2D eigenvalue weighted by Gasteiger charge is -2.03. The molecule has 1 aromatic carbocycles. The molecule has 0 bridgehead atoms. The van der Waals surface area contributed by atoms with Gasteiger partial charge >= 0.3 is 0 Å². The highest BCUT2D eigenvalue weighted by atomic mass is 19.1. The molecule has 0 heterocycles. The van der Waals surface area contributed by atoms with Gasteiger partial charge in [0.15, 0.2) is 5.78 Å². The first-order valence-corrected chi connectivity index (χ1v) is 4.98. The number of carbonyl (C=O) groups is 1. The fourth-order valence-electron chi connectivity index (χ4n) is 1.34. The second-order valence-electron chi connectivity index (χ2n) is 3.81. The van der Waals surface area contributed by atoms with E-state index in [0.29, 0.717) is 18.2 Å². The Labute approximate surface area is 87.5 Å². The molecule has 0 aliphatic heterocycles. The van der Waals surface area contributed by atoms with Crippen LogP contribution in [0.25, 0.3) is 0 Å². The molecule has 4 heteroatoms. The maximum absolute atomic E-state index is 12.8. The summed E-state index contributed by atoms with van der Waals surface area (Å²) in [6.07, 6.45) is 2.28. The predicted molar refractivity (Wildman–Crippen MR) is 56.2 cm³/mol. The van der Waals surface area contributed by atoms with Crippen LogP contribution >= 0.6 is 0 Å². The lowest BCUT2D eigenvalue weighted by atomic mass is 10.1. The summed E-state index contributed by atoms with van der Waals surface area (Å²) >= 11 is 0. The monoisotopic (exact) mass is 208 g/mol. The van der Waals surface area contributed by atoms with Crippen molar-refractivity contribution in [2.45, 2.75) is 18.9 Å². The number of rotatable bonds is 4. The Balaban J connectivity index is 2.00. The number of carbonyl (C=O) groups excluding carboxylic acids is 1. The molecule has 1 aliphatic rings. The minimum Gasteiger partial charge on any atom is -0.396 e. The van der Waals surface area contributed by atoms with Gasteiger partial charge in [0, 0.05) is 11.6 Å². The van der Waals surface area contributed by atoms with Crippen molar-refractivity contribution < 1.29 is 9.18 Å². The zero-order valence-corrected chi connectivity index (χ0v) is 8.29. The van der Waals surface area contributed by atoms with Crippen LogP contribution in [0.5, 0.6) is 0 Å². The highest BCUT2D eigenvalue weighted by Crippen LogP contribution is 2.18. The van der Waals surface area contributed by atoms with Crippen LogP contribution in [-0.4, -0.2) is 18.4 Å². The molecule has 1 aliphatic carbocycles. The first kappa shape index (κ1) is 10.1. The van der Waals surface area contributed by atoms with E-state index >= 15 is 0 Å². The fourth-order valence-corrected chi connectivity index (χ4v) is 1.34. The van der Waals surface area contributed by atoms with Crippen LogP contribution in [-0.2, 0) is 0 Å². The van der Waals surface area contributed by atoms with Gasteiger partial charge in [-0.15, -0.1) is 0 Å². The summed E-state index contributed by atoms with van der Waals surface area (Å²) in [6, 6.07) is 4.56. The molecule has 2 rings (SSSR count). The first-order valence-electron chi connectivity index (χ1n) is 4.98. The van der Waals surface area contributed by atoms with Gasteiger partial charge in [0.1, 0.15) is 5.82 Å².